The van der Waals surface area contributed by atoms with E-state index in [2.05, 4.69) is 20.6 Å². The third-order valence-electron chi connectivity index (χ3n) is 2.30. The van der Waals surface area contributed by atoms with Crippen LogP contribution in [-0.4, -0.2) is 28.5 Å². The van der Waals surface area contributed by atoms with Crippen LogP contribution >= 0.6 is 23.2 Å². The third-order valence-corrected chi connectivity index (χ3v) is 2.66. The average Bonchev–Trinajstić information content (AvgIpc) is 2.68. The van der Waals surface area contributed by atoms with Gasteiger partial charge in [0.25, 0.3) is 0 Å². The predicted molar refractivity (Wildman–Crippen MR) is 61.7 cm³/mol. The van der Waals surface area contributed by atoms with Crippen molar-refractivity contribution in [3.63, 3.8) is 0 Å². The van der Waals surface area contributed by atoms with Gasteiger partial charge in [0.15, 0.2) is 0 Å². The zero-order chi connectivity index (χ0) is 11.5. The summed E-state index contributed by atoms with van der Waals surface area (Å²) in [4.78, 5) is 19.3. The molecular formula is C9H10Cl2N4O. The molecule has 1 saturated heterocycles. The summed E-state index contributed by atoms with van der Waals surface area (Å²) in [6, 6.07) is 1.30. The molecule has 0 radical (unpaired) electrons. The lowest BCUT2D eigenvalue weighted by molar-refractivity contribution is -0.117. The summed E-state index contributed by atoms with van der Waals surface area (Å²) in [6.07, 6.45) is 1.84. The molecule has 5 nitrogen and oxygen atoms in total. The predicted octanol–water partition coefficient (Wildman–Crippen LogP) is 1.47. The van der Waals surface area contributed by atoms with Crippen LogP contribution in [0.15, 0.2) is 6.07 Å². The summed E-state index contributed by atoms with van der Waals surface area (Å²) in [5.74, 6) is 0.201. The zero-order valence-corrected chi connectivity index (χ0v) is 9.85. The molecule has 1 aromatic heterocycles. The van der Waals surface area contributed by atoms with Gasteiger partial charge < -0.3 is 10.6 Å². The average molecular weight is 261 g/mol. The maximum atomic E-state index is 11.7. The van der Waals surface area contributed by atoms with Crippen LogP contribution in [-0.2, 0) is 4.79 Å². The molecule has 1 aromatic rings. The molecule has 0 bridgehead atoms. The molecule has 1 atom stereocenters. The van der Waals surface area contributed by atoms with Crippen LogP contribution in [0.3, 0.4) is 0 Å². The fourth-order valence-corrected chi connectivity index (χ4v) is 1.98. The van der Waals surface area contributed by atoms with Crippen molar-refractivity contribution in [1.82, 2.24) is 15.3 Å². The SMILES string of the molecule is O=C(Nc1cc(Cl)nc(Cl)n1)[C@@H]1CCCN1. The largest absolute Gasteiger partial charge is 0.309 e. The minimum Gasteiger partial charge on any atom is -0.309 e. The minimum atomic E-state index is -0.160. The Labute approximate surface area is 103 Å². The Hall–Kier alpha value is -0.910. The van der Waals surface area contributed by atoms with E-state index in [9.17, 15) is 4.79 Å². The van der Waals surface area contributed by atoms with Gasteiger partial charge in [-0.05, 0) is 31.0 Å². The lowest BCUT2D eigenvalue weighted by Gasteiger charge is -2.10. The van der Waals surface area contributed by atoms with Crippen molar-refractivity contribution in [2.45, 2.75) is 18.9 Å². The molecule has 1 aliphatic heterocycles. The van der Waals surface area contributed by atoms with Crippen LogP contribution in [0.25, 0.3) is 0 Å². The fraction of sp³-hybridized carbons (Fsp3) is 0.444. The first kappa shape index (κ1) is 11.6. The molecule has 1 fully saturated rings. The van der Waals surface area contributed by atoms with E-state index in [0.29, 0.717) is 5.82 Å². The van der Waals surface area contributed by atoms with E-state index in [4.69, 9.17) is 23.2 Å². The first-order chi connectivity index (χ1) is 7.65. The van der Waals surface area contributed by atoms with E-state index in [0.717, 1.165) is 19.4 Å². The van der Waals surface area contributed by atoms with Gasteiger partial charge >= 0.3 is 0 Å². The van der Waals surface area contributed by atoms with Crippen molar-refractivity contribution in [2.24, 2.45) is 0 Å². The number of hydrogen-bond acceptors (Lipinski definition) is 4. The standard InChI is InChI=1S/C9H10Cl2N4O/c10-6-4-7(15-9(11)13-6)14-8(16)5-2-1-3-12-5/h4-5,12H,1-3H2,(H,13,14,15,16)/t5-/m0/s1. The molecular weight excluding hydrogens is 251 g/mol. The molecule has 2 rings (SSSR count). The van der Waals surface area contributed by atoms with Crippen LogP contribution in [0.2, 0.25) is 10.4 Å². The zero-order valence-electron chi connectivity index (χ0n) is 8.33. The summed E-state index contributed by atoms with van der Waals surface area (Å²) >= 11 is 11.3. The van der Waals surface area contributed by atoms with Crippen molar-refractivity contribution in [3.8, 4) is 0 Å². The Morgan fingerprint density at radius 3 is 2.94 bits per heavy atom. The van der Waals surface area contributed by atoms with Gasteiger partial charge in [-0.15, -0.1) is 0 Å². The fourth-order valence-electron chi connectivity index (χ4n) is 1.58. The van der Waals surface area contributed by atoms with E-state index in [-0.39, 0.29) is 22.4 Å². The van der Waals surface area contributed by atoms with E-state index < -0.39 is 0 Å². The lowest BCUT2D eigenvalue weighted by atomic mass is 10.2. The normalized spacial score (nSPS) is 19.8. The number of anilines is 1. The Balaban J connectivity index is 2.05. The number of hydrogen-bond donors (Lipinski definition) is 2. The Morgan fingerprint density at radius 1 is 1.50 bits per heavy atom. The molecule has 7 heteroatoms. The van der Waals surface area contributed by atoms with E-state index in [1.165, 1.54) is 6.07 Å². The molecule has 0 unspecified atom stereocenters. The topological polar surface area (TPSA) is 66.9 Å². The van der Waals surface area contributed by atoms with Crippen LogP contribution in [0.4, 0.5) is 5.82 Å². The molecule has 0 saturated carbocycles. The molecule has 1 amide bonds. The highest BCUT2D eigenvalue weighted by Gasteiger charge is 2.22. The number of nitrogens with one attached hydrogen (secondary N) is 2. The second-order valence-corrected chi connectivity index (χ2v) is 4.21. The first-order valence-corrected chi connectivity index (χ1v) is 5.65. The lowest BCUT2D eigenvalue weighted by Crippen LogP contribution is -2.35. The highest BCUT2D eigenvalue weighted by Crippen LogP contribution is 2.15. The maximum absolute atomic E-state index is 11.7. The summed E-state index contributed by atoms with van der Waals surface area (Å²) < 4.78 is 0. The molecule has 2 N–H and O–H groups in total. The summed E-state index contributed by atoms with van der Waals surface area (Å²) in [5.41, 5.74) is 0. The van der Waals surface area contributed by atoms with Crippen molar-refractivity contribution < 1.29 is 4.79 Å². The van der Waals surface area contributed by atoms with Gasteiger partial charge in [-0.2, -0.15) is 0 Å². The van der Waals surface area contributed by atoms with Crippen molar-refractivity contribution in [2.75, 3.05) is 11.9 Å². The molecule has 0 spiro atoms. The molecule has 2 heterocycles. The van der Waals surface area contributed by atoms with Gasteiger partial charge in [0.05, 0.1) is 6.04 Å². The van der Waals surface area contributed by atoms with Crippen LogP contribution < -0.4 is 10.6 Å². The molecule has 1 aliphatic rings. The smallest absolute Gasteiger partial charge is 0.242 e. The van der Waals surface area contributed by atoms with Crippen molar-refractivity contribution in [1.29, 1.82) is 0 Å². The highest BCUT2D eigenvalue weighted by molar-refractivity contribution is 6.32. The van der Waals surface area contributed by atoms with Gasteiger partial charge in [0.1, 0.15) is 11.0 Å². The van der Waals surface area contributed by atoms with Gasteiger partial charge in [-0.3, -0.25) is 4.79 Å². The van der Waals surface area contributed by atoms with Crippen LogP contribution in [0.1, 0.15) is 12.8 Å². The maximum Gasteiger partial charge on any atom is 0.242 e. The van der Waals surface area contributed by atoms with E-state index >= 15 is 0 Å². The van der Waals surface area contributed by atoms with E-state index in [1.54, 1.807) is 0 Å². The Kier molecular flexibility index (Phi) is 3.58. The van der Waals surface area contributed by atoms with Gasteiger partial charge in [-0.25, -0.2) is 9.97 Å². The number of carbonyl (C=O) groups excluding carboxylic acids is 1. The second kappa shape index (κ2) is 4.95. The monoisotopic (exact) mass is 260 g/mol. The first-order valence-electron chi connectivity index (χ1n) is 4.89. The number of rotatable bonds is 2. The van der Waals surface area contributed by atoms with Gasteiger partial charge in [-0.1, -0.05) is 11.6 Å². The molecule has 0 aromatic carbocycles. The second-order valence-electron chi connectivity index (χ2n) is 3.48. The Bertz CT molecular complexity index is 386. The summed E-state index contributed by atoms with van der Waals surface area (Å²) in [5, 5.41) is 5.95. The molecule has 86 valence electrons. The highest BCUT2D eigenvalue weighted by atomic mass is 35.5. The quantitative estimate of drug-likeness (QED) is 0.625. The Morgan fingerprint density at radius 2 is 2.31 bits per heavy atom. The van der Waals surface area contributed by atoms with Gasteiger partial charge in [0, 0.05) is 6.07 Å². The molecule has 0 aliphatic carbocycles. The van der Waals surface area contributed by atoms with Crippen LogP contribution in [0.5, 0.6) is 0 Å². The number of nitrogens with zero attached hydrogens (tertiary/aromatic N) is 2. The van der Waals surface area contributed by atoms with Crippen LogP contribution in [0, 0.1) is 0 Å². The number of aromatic nitrogens is 2. The van der Waals surface area contributed by atoms with Crippen molar-refractivity contribution >= 4 is 34.9 Å². The number of carbonyl (C=O) groups is 1. The number of amides is 1. The summed E-state index contributed by atoms with van der Waals surface area (Å²) in [7, 11) is 0. The third kappa shape index (κ3) is 2.81. The molecule has 16 heavy (non-hydrogen) atoms. The van der Waals surface area contributed by atoms with Crippen molar-refractivity contribution in [3.05, 3.63) is 16.5 Å². The van der Waals surface area contributed by atoms with E-state index in [1.807, 2.05) is 0 Å². The minimum absolute atomic E-state index is 0.0159. The number of halogens is 2. The summed E-state index contributed by atoms with van der Waals surface area (Å²) in [6.45, 7) is 0.864. The van der Waals surface area contributed by atoms with Gasteiger partial charge in [0.2, 0.25) is 11.2 Å².